The van der Waals surface area contributed by atoms with Crippen molar-refractivity contribution in [2.75, 3.05) is 0 Å². The highest BCUT2D eigenvalue weighted by Gasteiger charge is 2.16. The van der Waals surface area contributed by atoms with Crippen molar-refractivity contribution in [2.24, 2.45) is 5.92 Å². The van der Waals surface area contributed by atoms with Crippen LogP contribution in [-0.2, 0) is 9.59 Å². The van der Waals surface area contributed by atoms with Crippen LogP contribution < -0.4 is 5.32 Å². The number of aliphatic carboxylic acids is 1. The second kappa shape index (κ2) is 6.40. The maximum atomic E-state index is 11.3. The zero-order valence-corrected chi connectivity index (χ0v) is 9.04. The first-order valence-electron chi connectivity index (χ1n) is 5.03. The quantitative estimate of drug-likeness (QED) is 0.682. The van der Waals surface area contributed by atoms with Gasteiger partial charge in [0, 0.05) is 6.42 Å². The molecule has 0 saturated carbocycles. The fourth-order valence-electron chi connectivity index (χ4n) is 1.20. The molecular weight excluding hydrogens is 182 g/mol. The summed E-state index contributed by atoms with van der Waals surface area (Å²) in [5.41, 5.74) is 0. The van der Waals surface area contributed by atoms with Crippen molar-refractivity contribution < 1.29 is 14.7 Å². The minimum Gasteiger partial charge on any atom is -0.480 e. The Kier molecular flexibility index (Phi) is 5.92. The number of hydrogen-bond donors (Lipinski definition) is 2. The van der Waals surface area contributed by atoms with Gasteiger partial charge >= 0.3 is 5.97 Å². The molecule has 1 atom stereocenters. The van der Waals surface area contributed by atoms with E-state index in [0.29, 0.717) is 12.3 Å². The molecule has 14 heavy (non-hydrogen) atoms. The Hall–Kier alpha value is -1.06. The Balaban J connectivity index is 3.91. The van der Waals surface area contributed by atoms with Crippen LogP contribution in [0, 0.1) is 5.92 Å². The highest BCUT2D eigenvalue weighted by atomic mass is 16.4. The molecule has 0 bridgehead atoms. The first-order chi connectivity index (χ1) is 6.51. The first kappa shape index (κ1) is 12.9. The maximum Gasteiger partial charge on any atom is 0.325 e. The van der Waals surface area contributed by atoms with Crippen molar-refractivity contribution in [2.45, 2.75) is 46.1 Å². The molecule has 0 aliphatic rings. The van der Waals surface area contributed by atoms with E-state index in [9.17, 15) is 9.59 Å². The number of amides is 1. The molecule has 0 aromatic heterocycles. The number of carbonyl (C=O) groups excluding carboxylic acids is 1. The summed E-state index contributed by atoms with van der Waals surface area (Å²) >= 11 is 0. The zero-order valence-electron chi connectivity index (χ0n) is 9.04. The molecule has 0 heterocycles. The maximum absolute atomic E-state index is 11.3. The third-order valence-electron chi connectivity index (χ3n) is 2.38. The normalized spacial score (nSPS) is 12.6. The number of carboxylic acids is 1. The van der Waals surface area contributed by atoms with Crippen LogP contribution in [0.1, 0.15) is 40.0 Å². The molecule has 82 valence electrons. The van der Waals surface area contributed by atoms with E-state index >= 15 is 0 Å². The molecule has 0 spiro atoms. The average Bonchev–Trinajstić information content (AvgIpc) is 2.13. The second-order valence-corrected chi connectivity index (χ2v) is 3.51. The molecule has 2 N–H and O–H groups in total. The molecule has 0 saturated heterocycles. The lowest BCUT2D eigenvalue weighted by molar-refractivity contribution is -0.141. The van der Waals surface area contributed by atoms with Crippen molar-refractivity contribution >= 4 is 11.9 Å². The summed E-state index contributed by atoms with van der Waals surface area (Å²) in [5.74, 6) is -0.813. The minimum absolute atomic E-state index is 0.173. The number of hydrogen-bond acceptors (Lipinski definition) is 2. The molecule has 0 aliphatic heterocycles. The van der Waals surface area contributed by atoms with E-state index in [1.165, 1.54) is 6.92 Å². The summed E-state index contributed by atoms with van der Waals surface area (Å²) in [6.45, 7) is 5.53. The van der Waals surface area contributed by atoms with E-state index in [0.717, 1.165) is 12.8 Å². The zero-order chi connectivity index (χ0) is 11.1. The van der Waals surface area contributed by atoms with Gasteiger partial charge < -0.3 is 10.4 Å². The third kappa shape index (κ3) is 4.84. The van der Waals surface area contributed by atoms with E-state index in [4.69, 9.17) is 5.11 Å². The Morgan fingerprint density at radius 2 is 1.79 bits per heavy atom. The van der Waals surface area contributed by atoms with Gasteiger partial charge in [0.05, 0.1) is 0 Å². The molecule has 1 amide bonds. The van der Waals surface area contributed by atoms with Crippen molar-refractivity contribution in [3.63, 3.8) is 0 Å². The Labute approximate surface area is 84.7 Å². The van der Waals surface area contributed by atoms with Crippen LogP contribution >= 0.6 is 0 Å². The van der Waals surface area contributed by atoms with Gasteiger partial charge in [0.1, 0.15) is 6.04 Å². The largest absolute Gasteiger partial charge is 0.480 e. The standard InChI is InChI=1S/C10H19NO3/c1-4-8(5-2)6-9(12)11-7(3)10(13)14/h7-8H,4-6H2,1-3H3,(H,11,12)(H,13,14)/t7-/m0/s1. The monoisotopic (exact) mass is 201 g/mol. The van der Waals surface area contributed by atoms with Gasteiger partial charge in [-0.3, -0.25) is 9.59 Å². The first-order valence-corrected chi connectivity index (χ1v) is 5.03. The highest BCUT2D eigenvalue weighted by molar-refractivity contribution is 5.83. The molecule has 4 nitrogen and oxygen atoms in total. The van der Waals surface area contributed by atoms with Gasteiger partial charge in [-0.05, 0) is 12.8 Å². The fraction of sp³-hybridized carbons (Fsp3) is 0.800. The van der Waals surface area contributed by atoms with Crippen molar-refractivity contribution in [1.82, 2.24) is 5.32 Å². The highest BCUT2D eigenvalue weighted by Crippen LogP contribution is 2.11. The SMILES string of the molecule is CCC(CC)CC(=O)N[C@@H](C)C(=O)O. The van der Waals surface area contributed by atoms with Crippen molar-refractivity contribution in [3.05, 3.63) is 0 Å². The molecule has 4 heteroatoms. The van der Waals surface area contributed by atoms with Crippen LogP contribution in [0.2, 0.25) is 0 Å². The summed E-state index contributed by atoms with van der Waals surface area (Å²) in [6.07, 6.45) is 2.32. The summed E-state index contributed by atoms with van der Waals surface area (Å²) < 4.78 is 0. The fourth-order valence-corrected chi connectivity index (χ4v) is 1.20. The molecular formula is C10H19NO3. The predicted molar refractivity (Wildman–Crippen MR) is 53.9 cm³/mol. The molecule has 0 aromatic rings. The molecule has 0 fully saturated rings. The van der Waals surface area contributed by atoms with Gasteiger partial charge in [-0.25, -0.2) is 0 Å². The molecule has 0 aliphatic carbocycles. The smallest absolute Gasteiger partial charge is 0.325 e. The van der Waals surface area contributed by atoms with E-state index in [-0.39, 0.29) is 5.91 Å². The molecule has 0 unspecified atom stereocenters. The third-order valence-corrected chi connectivity index (χ3v) is 2.38. The van der Waals surface area contributed by atoms with Gasteiger partial charge in [0.2, 0.25) is 5.91 Å². The van der Waals surface area contributed by atoms with Gasteiger partial charge in [0.15, 0.2) is 0 Å². The van der Waals surface area contributed by atoms with Crippen LogP contribution in [0.3, 0.4) is 0 Å². The average molecular weight is 201 g/mol. The van der Waals surface area contributed by atoms with Crippen molar-refractivity contribution in [3.8, 4) is 0 Å². The Morgan fingerprint density at radius 1 is 1.29 bits per heavy atom. The van der Waals surface area contributed by atoms with Crippen LogP contribution in [0.25, 0.3) is 0 Å². The minimum atomic E-state index is -0.997. The number of carbonyl (C=O) groups is 2. The van der Waals surface area contributed by atoms with E-state index in [2.05, 4.69) is 5.32 Å². The van der Waals surface area contributed by atoms with Crippen molar-refractivity contribution in [1.29, 1.82) is 0 Å². The molecule has 0 aromatic carbocycles. The van der Waals surface area contributed by atoms with Gasteiger partial charge in [0.25, 0.3) is 0 Å². The van der Waals surface area contributed by atoms with Crippen LogP contribution in [0.4, 0.5) is 0 Å². The topological polar surface area (TPSA) is 66.4 Å². The predicted octanol–water partition coefficient (Wildman–Crippen LogP) is 1.40. The van der Waals surface area contributed by atoms with Gasteiger partial charge in [-0.1, -0.05) is 26.7 Å². The van der Waals surface area contributed by atoms with Gasteiger partial charge in [-0.2, -0.15) is 0 Å². The summed E-state index contributed by atoms with van der Waals surface area (Å²) in [6, 6.07) is -0.795. The van der Waals surface area contributed by atoms with E-state index < -0.39 is 12.0 Å². The number of carboxylic acid groups (broad SMARTS) is 1. The lowest BCUT2D eigenvalue weighted by Gasteiger charge is -2.13. The van der Waals surface area contributed by atoms with E-state index in [1.807, 2.05) is 13.8 Å². The summed E-state index contributed by atoms with van der Waals surface area (Å²) in [7, 11) is 0. The molecule has 0 rings (SSSR count). The number of nitrogens with one attached hydrogen (secondary N) is 1. The Morgan fingerprint density at radius 3 is 2.14 bits per heavy atom. The van der Waals surface area contributed by atoms with Gasteiger partial charge in [-0.15, -0.1) is 0 Å². The van der Waals surface area contributed by atoms with Crippen LogP contribution in [0.15, 0.2) is 0 Å². The Bertz CT molecular complexity index is 200. The summed E-state index contributed by atoms with van der Waals surface area (Å²) in [5, 5.41) is 11.0. The lowest BCUT2D eigenvalue weighted by atomic mass is 9.99. The molecule has 0 radical (unpaired) electrons. The number of rotatable bonds is 6. The van der Waals surface area contributed by atoms with Crippen LogP contribution in [0.5, 0.6) is 0 Å². The summed E-state index contributed by atoms with van der Waals surface area (Å²) in [4.78, 5) is 21.8. The lowest BCUT2D eigenvalue weighted by Crippen LogP contribution is -2.38. The second-order valence-electron chi connectivity index (χ2n) is 3.51. The van der Waals surface area contributed by atoms with Crippen LogP contribution in [-0.4, -0.2) is 23.0 Å². The van der Waals surface area contributed by atoms with E-state index in [1.54, 1.807) is 0 Å².